The molecule has 1 aromatic carbocycles. The second-order valence-electron chi connectivity index (χ2n) is 4.83. The number of anilines is 1. The van der Waals surface area contributed by atoms with Crippen LogP contribution >= 0.6 is 15.9 Å². The van der Waals surface area contributed by atoms with Gasteiger partial charge in [0.15, 0.2) is 0 Å². The third-order valence-corrected chi connectivity index (χ3v) is 4.27. The van der Waals surface area contributed by atoms with Crippen LogP contribution in [0, 0.1) is 0 Å². The average molecular weight is 311 g/mol. The summed E-state index contributed by atoms with van der Waals surface area (Å²) in [6.45, 7) is 2.57. The van der Waals surface area contributed by atoms with E-state index >= 15 is 0 Å². The molecular formula is C13H15BrN2O2. The lowest BCUT2D eigenvalue weighted by atomic mass is 10.00. The number of benzene rings is 1. The van der Waals surface area contributed by atoms with Gasteiger partial charge in [-0.15, -0.1) is 0 Å². The van der Waals surface area contributed by atoms with E-state index in [1.165, 1.54) is 0 Å². The van der Waals surface area contributed by atoms with Crippen molar-refractivity contribution in [3.05, 3.63) is 28.7 Å². The summed E-state index contributed by atoms with van der Waals surface area (Å²) < 4.78 is 6.71. The fourth-order valence-electron chi connectivity index (χ4n) is 2.58. The van der Waals surface area contributed by atoms with Crippen molar-refractivity contribution in [2.75, 3.05) is 31.1 Å². The number of morpholine rings is 1. The van der Waals surface area contributed by atoms with Crippen molar-refractivity contribution in [1.29, 1.82) is 0 Å². The molecule has 0 bridgehead atoms. The Hall–Kier alpha value is -0.910. The van der Waals surface area contributed by atoms with Gasteiger partial charge in [-0.05, 0) is 41.0 Å². The minimum atomic E-state index is -0.205. The number of para-hydroxylation sites is 1. The zero-order valence-electron chi connectivity index (χ0n) is 9.99. The minimum absolute atomic E-state index is 0.0272. The second kappa shape index (κ2) is 4.64. The summed E-state index contributed by atoms with van der Waals surface area (Å²) >= 11 is 3.51. The van der Waals surface area contributed by atoms with Crippen LogP contribution in [0.15, 0.2) is 28.7 Å². The molecule has 2 fully saturated rings. The number of nitrogens with zero attached hydrogens (tertiary/aromatic N) is 1. The van der Waals surface area contributed by atoms with Crippen LogP contribution in [-0.2, 0) is 9.53 Å². The second-order valence-corrected chi connectivity index (χ2v) is 5.68. The van der Waals surface area contributed by atoms with Crippen LogP contribution in [0.3, 0.4) is 0 Å². The number of nitrogens with one attached hydrogen (secondary N) is 1. The fourth-order valence-corrected chi connectivity index (χ4v) is 3.08. The molecule has 0 aliphatic carbocycles. The highest BCUT2D eigenvalue weighted by Crippen LogP contribution is 2.32. The van der Waals surface area contributed by atoms with Crippen molar-refractivity contribution < 1.29 is 9.53 Å². The molecular weight excluding hydrogens is 296 g/mol. The monoisotopic (exact) mass is 310 g/mol. The third-order valence-electron chi connectivity index (χ3n) is 3.60. The highest BCUT2D eigenvalue weighted by Gasteiger charge is 2.42. The molecule has 18 heavy (non-hydrogen) atoms. The van der Waals surface area contributed by atoms with Crippen molar-refractivity contribution in [2.45, 2.75) is 12.0 Å². The van der Waals surface area contributed by atoms with Gasteiger partial charge in [0.1, 0.15) is 12.2 Å². The Balaban J connectivity index is 1.90. The zero-order chi connectivity index (χ0) is 12.6. The van der Waals surface area contributed by atoms with Gasteiger partial charge in [-0.3, -0.25) is 4.79 Å². The normalized spacial score (nSPS) is 28.1. The molecule has 0 radical (unpaired) electrons. The van der Waals surface area contributed by atoms with E-state index in [1.807, 2.05) is 29.2 Å². The Labute approximate surface area is 114 Å². The standard InChI is InChI=1S/C13H15BrN2O2/c14-10-3-1-2-4-11(10)16-9-13(5-6-15-8-13)18-7-12(16)17/h1-4,15H,5-9H2. The predicted octanol–water partition coefficient (Wildman–Crippen LogP) is 1.54. The number of halogens is 1. The summed E-state index contributed by atoms with van der Waals surface area (Å²) in [5.74, 6) is 0.0272. The van der Waals surface area contributed by atoms with Gasteiger partial charge in [-0.1, -0.05) is 12.1 Å². The number of amides is 1. The van der Waals surface area contributed by atoms with Crippen molar-refractivity contribution in [1.82, 2.24) is 5.32 Å². The van der Waals surface area contributed by atoms with Crippen molar-refractivity contribution >= 4 is 27.5 Å². The molecule has 1 unspecified atom stereocenters. The number of ether oxygens (including phenoxy) is 1. The lowest BCUT2D eigenvalue weighted by Crippen LogP contribution is -2.56. The van der Waals surface area contributed by atoms with E-state index < -0.39 is 0 Å². The molecule has 1 spiro atoms. The highest BCUT2D eigenvalue weighted by atomic mass is 79.9. The van der Waals surface area contributed by atoms with E-state index in [1.54, 1.807) is 0 Å². The Kier molecular flexibility index (Phi) is 3.13. The molecule has 1 atom stereocenters. The Morgan fingerprint density at radius 1 is 1.39 bits per heavy atom. The van der Waals surface area contributed by atoms with Gasteiger partial charge in [0.25, 0.3) is 5.91 Å². The van der Waals surface area contributed by atoms with Gasteiger partial charge >= 0.3 is 0 Å². The van der Waals surface area contributed by atoms with Crippen molar-refractivity contribution in [2.24, 2.45) is 0 Å². The number of hydrogen-bond acceptors (Lipinski definition) is 3. The lowest BCUT2D eigenvalue weighted by molar-refractivity contribution is -0.136. The molecule has 4 nitrogen and oxygen atoms in total. The molecule has 1 N–H and O–H groups in total. The topological polar surface area (TPSA) is 41.6 Å². The van der Waals surface area contributed by atoms with E-state index in [0.29, 0.717) is 6.54 Å². The Morgan fingerprint density at radius 2 is 2.22 bits per heavy atom. The van der Waals surface area contributed by atoms with Crippen LogP contribution in [0.4, 0.5) is 5.69 Å². The first-order chi connectivity index (χ1) is 8.70. The summed E-state index contributed by atoms with van der Waals surface area (Å²) in [5.41, 5.74) is 0.723. The Morgan fingerprint density at radius 3 is 2.94 bits per heavy atom. The maximum atomic E-state index is 12.0. The van der Waals surface area contributed by atoms with Crippen LogP contribution in [0.25, 0.3) is 0 Å². The van der Waals surface area contributed by atoms with Crippen molar-refractivity contribution in [3.63, 3.8) is 0 Å². The first-order valence-corrected chi connectivity index (χ1v) is 6.89. The molecule has 96 valence electrons. The quantitative estimate of drug-likeness (QED) is 0.855. The molecule has 2 aliphatic rings. The van der Waals surface area contributed by atoms with Gasteiger partial charge < -0.3 is 15.0 Å². The Bertz CT molecular complexity index is 472. The van der Waals surface area contributed by atoms with Gasteiger partial charge in [0.2, 0.25) is 0 Å². The number of hydrogen-bond donors (Lipinski definition) is 1. The summed E-state index contributed by atoms with van der Waals surface area (Å²) in [6, 6.07) is 7.81. The molecule has 0 saturated carbocycles. The van der Waals surface area contributed by atoms with Crippen LogP contribution in [-0.4, -0.2) is 37.7 Å². The highest BCUT2D eigenvalue weighted by molar-refractivity contribution is 9.10. The summed E-state index contributed by atoms with van der Waals surface area (Å²) in [4.78, 5) is 13.9. The maximum absolute atomic E-state index is 12.0. The van der Waals surface area contributed by atoms with E-state index in [0.717, 1.165) is 29.7 Å². The summed E-state index contributed by atoms with van der Waals surface area (Å²) in [7, 11) is 0. The zero-order valence-corrected chi connectivity index (χ0v) is 11.6. The number of carbonyl (C=O) groups excluding carboxylic acids is 1. The van der Waals surface area contributed by atoms with E-state index in [9.17, 15) is 4.79 Å². The maximum Gasteiger partial charge on any atom is 0.253 e. The molecule has 3 rings (SSSR count). The number of rotatable bonds is 1. The SMILES string of the molecule is O=C1COC2(CCNC2)CN1c1ccccc1Br. The van der Waals surface area contributed by atoms with Crippen LogP contribution in [0.5, 0.6) is 0 Å². The largest absolute Gasteiger partial charge is 0.362 e. The van der Waals surface area contributed by atoms with Crippen LogP contribution < -0.4 is 10.2 Å². The van der Waals surface area contributed by atoms with Gasteiger partial charge in [0.05, 0.1) is 12.2 Å². The molecule has 1 aromatic rings. The third kappa shape index (κ3) is 2.06. The molecule has 0 aromatic heterocycles. The van der Waals surface area contributed by atoms with E-state index in [-0.39, 0.29) is 18.1 Å². The van der Waals surface area contributed by atoms with Crippen LogP contribution in [0.1, 0.15) is 6.42 Å². The first kappa shape index (κ1) is 12.1. The first-order valence-electron chi connectivity index (χ1n) is 6.10. The van der Waals surface area contributed by atoms with Gasteiger partial charge in [-0.25, -0.2) is 0 Å². The molecule has 2 heterocycles. The minimum Gasteiger partial charge on any atom is -0.362 e. The predicted molar refractivity (Wildman–Crippen MR) is 72.7 cm³/mol. The summed E-state index contributed by atoms with van der Waals surface area (Å²) in [6.07, 6.45) is 0.960. The average Bonchev–Trinajstić information content (AvgIpc) is 2.82. The lowest BCUT2D eigenvalue weighted by Gasteiger charge is -2.39. The molecule has 2 aliphatic heterocycles. The molecule has 5 heteroatoms. The van der Waals surface area contributed by atoms with Gasteiger partial charge in [0, 0.05) is 11.0 Å². The smallest absolute Gasteiger partial charge is 0.253 e. The van der Waals surface area contributed by atoms with E-state index in [4.69, 9.17) is 4.74 Å². The van der Waals surface area contributed by atoms with Gasteiger partial charge in [-0.2, -0.15) is 0 Å². The summed E-state index contributed by atoms with van der Waals surface area (Å²) in [5, 5.41) is 3.31. The van der Waals surface area contributed by atoms with E-state index in [2.05, 4.69) is 21.2 Å². The number of carbonyl (C=O) groups is 1. The van der Waals surface area contributed by atoms with Crippen LogP contribution in [0.2, 0.25) is 0 Å². The molecule has 2 saturated heterocycles. The fraction of sp³-hybridized carbons (Fsp3) is 0.462. The molecule has 1 amide bonds. The van der Waals surface area contributed by atoms with Crippen molar-refractivity contribution in [3.8, 4) is 0 Å².